The molecule has 0 aromatic carbocycles. The summed E-state index contributed by atoms with van der Waals surface area (Å²) in [5.41, 5.74) is 7.04. The van der Waals surface area contributed by atoms with Crippen LogP contribution in [0.1, 0.15) is 26.8 Å². The molecule has 0 saturated carbocycles. The molecule has 3 rings (SSSR count). The number of thiophene rings is 1. The predicted octanol–water partition coefficient (Wildman–Crippen LogP) is 2.95. The van der Waals surface area contributed by atoms with E-state index in [0.29, 0.717) is 17.5 Å². The van der Waals surface area contributed by atoms with Crippen molar-refractivity contribution in [3.63, 3.8) is 0 Å². The average molecular weight is 435 g/mol. The first-order valence-electron chi connectivity index (χ1n) is 8.51. The second kappa shape index (κ2) is 9.13. The fraction of sp³-hybridized carbons (Fsp3) is 0.222. The highest BCUT2D eigenvalue weighted by atomic mass is 35.5. The van der Waals surface area contributed by atoms with E-state index in [9.17, 15) is 4.79 Å². The molecule has 0 unspecified atom stereocenters. The van der Waals surface area contributed by atoms with Crippen LogP contribution in [0.25, 0.3) is 5.82 Å². The summed E-state index contributed by atoms with van der Waals surface area (Å²) in [5, 5.41) is 9.99. The molecule has 1 amide bonds. The Balaban J connectivity index is 1.58. The van der Waals surface area contributed by atoms with Crippen LogP contribution in [0.15, 0.2) is 35.7 Å². The number of pyridine rings is 1. The van der Waals surface area contributed by atoms with Crippen molar-refractivity contribution in [2.75, 3.05) is 6.54 Å². The fourth-order valence-corrected chi connectivity index (χ4v) is 3.59. The van der Waals surface area contributed by atoms with E-state index in [2.05, 4.69) is 32.3 Å². The minimum absolute atomic E-state index is 0.0839. The molecular weight excluding hydrogens is 416 g/mol. The molecular formula is C18H19ClN6OS2. The van der Waals surface area contributed by atoms with E-state index >= 15 is 0 Å². The van der Waals surface area contributed by atoms with Gasteiger partial charge in [-0.15, -0.1) is 11.3 Å². The Morgan fingerprint density at radius 1 is 1.29 bits per heavy atom. The zero-order chi connectivity index (χ0) is 20.1. The first-order valence-corrected chi connectivity index (χ1v) is 10.2. The molecule has 0 aliphatic carbocycles. The summed E-state index contributed by atoms with van der Waals surface area (Å²) in [6, 6.07) is 9.33. The van der Waals surface area contributed by atoms with E-state index in [4.69, 9.17) is 23.8 Å². The number of nitrogens with zero attached hydrogens (tertiary/aromatic N) is 3. The maximum absolute atomic E-state index is 12.5. The van der Waals surface area contributed by atoms with Crippen molar-refractivity contribution in [1.82, 2.24) is 30.9 Å². The summed E-state index contributed by atoms with van der Waals surface area (Å²) in [4.78, 5) is 18.1. The van der Waals surface area contributed by atoms with Gasteiger partial charge in [0.25, 0.3) is 5.91 Å². The molecule has 3 aromatic heterocycles. The lowest BCUT2D eigenvalue weighted by molar-refractivity contribution is 0.0938. The molecule has 0 aliphatic heterocycles. The van der Waals surface area contributed by atoms with Gasteiger partial charge in [-0.05, 0) is 62.1 Å². The number of thiocarbonyl (C=S) groups is 1. The Bertz CT molecular complexity index is 986. The number of amides is 1. The van der Waals surface area contributed by atoms with Crippen LogP contribution >= 0.6 is 35.2 Å². The van der Waals surface area contributed by atoms with Crippen LogP contribution < -0.4 is 16.2 Å². The van der Waals surface area contributed by atoms with Gasteiger partial charge in [-0.2, -0.15) is 5.10 Å². The summed E-state index contributed by atoms with van der Waals surface area (Å²) in [7, 11) is 0. The lowest BCUT2D eigenvalue weighted by Gasteiger charge is -2.12. The normalized spacial score (nSPS) is 10.5. The summed E-state index contributed by atoms with van der Waals surface area (Å²) in [6.45, 7) is 4.47. The summed E-state index contributed by atoms with van der Waals surface area (Å²) in [5.74, 6) is 0.0209. The molecule has 0 saturated heterocycles. The molecule has 0 spiro atoms. The van der Waals surface area contributed by atoms with Crippen molar-refractivity contribution < 1.29 is 4.79 Å². The monoisotopic (exact) mass is 434 g/mol. The number of carbonyl (C=O) groups excluding carboxylic acids is 1. The zero-order valence-electron chi connectivity index (χ0n) is 15.3. The van der Waals surface area contributed by atoms with E-state index in [-0.39, 0.29) is 10.7 Å². The molecule has 3 aromatic rings. The third kappa shape index (κ3) is 5.06. The number of hydrazine groups is 1. The third-order valence-corrected chi connectivity index (χ3v) is 5.29. The fourth-order valence-electron chi connectivity index (χ4n) is 2.54. The molecule has 0 aliphatic rings. The van der Waals surface area contributed by atoms with E-state index in [0.717, 1.165) is 17.8 Å². The smallest absolute Gasteiger partial charge is 0.289 e. The largest absolute Gasteiger partial charge is 0.361 e. The van der Waals surface area contributed by atoms with Crippen molar-refractivity contribution >= 4 is 46.2 Å². The van der Waals surface area contributed by atoms with E-state index in [1.807, 2.05) is 31.4 Å². The molecule has 146 valence electrons. The van der Waals surface area contributed by atoms with Gasteiger partial charge in [0.05, 0.1) is 10.7 Å². The maximum atomic E-state index is 12.5. The highest BCUT2D eigenvalue weighted by Gasteiger charge is 2.15. The van der Waals surface area contributed by atoms with Gasteiger partial charge in [0, 0.05) is 17.1 Å². The number of nitrogens with one attached hydrogen (secondary N) is 3. The molecule has 0 atom stereocenters. The molecule has 0 radical (unpaired) electrons. The van der Waals surface area contributed by atoms with Crippen LogP contribution in [0.2, 0.25) is 5.02 Å². The SMILES string of the molecule is Cc1cc(C)n(-c2ccc(Cl)c(C(=O)NNC(=S)NCCc3cccs3)n2)n1. The Hall–Kier alpha value is -2.49. The lowest BCUT2D eigenvalue weighted by atomic mass is 10.3. The van der Waals surface area contributed by atoms with Gasteiger partial charge < -0.3 is 5.32 Å². The number of rotatable bonds is 5. The van der Waals surface area contributed by atoms with E-state index in [1.165, 1.54) is 4.88 Å². The molecule has 0 bridgehead atoms. The molecule has 3 N–H and O–H groups in total. The maximum Gasteiger partial charge on any atom is 0.289 e. The van der Waals surface area contributed by atoms with Crippen molar-refractivity contribution in [3.8, 4) is 5.82 Å². The van der Waals surface area contributed by atoms with Gasteiger partial charge in [-0.25, -0.2) is 9.67 Å². The van der Waals surface area contributed by atoms with E-state index in [1.54, 1.807) is 28.2 Å². The first kappa shape index (κ1) is 20.2. The van der Waals surface area contributed by atoms with Gasteiger partial charge in [-0.1, -0.05) is 17.7 Å². The van der Waals surface area contributed by atoms with Crippen molar-refractivity contribution in [3.05, 3.63) is 62.7 Å². The molecule has 28 heavy (non-hydrogen) atoms. The van der Waals surface area contributed by atoms with Crippen LogP contribution in [-0.2, 0) is 6.42 Å². The Morgan fingerprint density at radius 3 is 2.79 bits per heavy atom. The lowest BCUT2D eigenvalue weighted by Crippen LogP contribution is -2.47. The Morgan fingerprint density at radius 2 is 2.11 bits per heavy atom. The highest BCUT2D eigenvalue weighted by Crippen LogP contribution is 2.17. The van der Waals surface area contributed by atoms with Gasteiger partial charge in [-0.3, -0.25) is 15.6 Å². The topological polar surface area (TPSA) is 83.9 Å². The Kier molecular flexibility index (Phi) is 6.61. The van der Waals surface area contributed by atoms with Crippen LogP contribution in [0.3, 0.4) is 0 Å². The van der Waals surface area contributed by atoms with Crippen LogP contribution in [0.4, 0.5) is 0 Å². The van der Waals surface area contributed by atoms with Crippen molar-refractivity contribution in [2.45, 2.75) is 20.3 Å². The first-order chi connectivity index (χ1) is 13.4. The van der Waals surface area contributed by atoms with Gasteiger partial charge in [0.2, 0.25) is 0 Å². The summed E-state index contributed by atoms with van der Waals surface area (Å²) in [6.07, 6.45) is 0.853. The minimum Gasteiger partial charge on any atom is -0.361 e. The molecule has 3 heterocycles. The van der Waals surface area contributed by atoms with Crippen LogP contribution in [0, 0.1) is 13.8 Å². The molecule has 7 nitrogen and oxygen atoms in total. The minimum atomic E-state index is -0.490. The number of carbonyl (C=O) groups is 1. The number of hydrogen-bond donors (Lipinski definition) is 3. The quantitative estimate of drug-likeness (QED) is 0.423. The van der Waals surface area contributed by atoms with Gasteiger partial charge in [0.15, 0.2) is 16.6 Å². The Labute approximate surface area is 177 Å². The number of aromatic nitrogens is 3. The summed E-state index contributed by atoms with van der Waals surface area (Å²) >= 11 is 13.0. The predicted molar refractivity (Wildman–Crippen MR) is 115 cm³/mol. The van der Waals surface area contributed by atoms with Gasteiger partial charge >= 0.3 is 0 Å². The summed E-state index contributed by atoms with van der Waals surface area (Å²) < 4.78 is 1.66. The van der Waals surface area contributed by atoms with Crippen molar-refractivity contribution in [1.29, 1.82) is 0 Å². The van der Waals surface area contributed by atoms with Crippen LogP contribution in [0.5, 0.6) is 0 Å². The van der Waals surface area contributed by atoms with Crippen molar-refractivity contribution in [2.24, 2.45) is 0 Å². The molecule has 0 fully saturated rings. The second-order valence-corrected chi connectivity index (χ2v) is 7.85. The zero-order valence-corrected chi connectivity index (χ0v) is 17.7. The van der Waals surface area contributed by atoms with Gasteiger partial charge in [0.1, 0.15) is 0 Å². The van der Waals surface area contributed by atoms with E-state index < -0.39 is 5.91 Å². The third-order valence-electron chi connectivity index (χ3n) is 3.80. The molecule has 10 heteroatoms. The average Bonchev–Trinajstić information content (AvgIpc) is 3.29. The van der Waals surface area contributed by atoms with Crippen LogP contribution in [-0.4, -0.2) is 32.3 Å². The number of halogens is 1. The number of hydrogen-bond acceptors (Lipinski definition) is 5. The number of aryl methyl sites for hydroxylation is 2. The highest BCUT2D eigenvalue weighted by molar-refractivity contribution is 7.80. The second-order valence-electron chi connectivity index (χ2n) is 6.00. The standard InChI is InChI=1S/C18H19ClN6OS2/c1-11-10-12(2)25(24-11)15-6-5-14(19)16(21-15)17(26)22-23-18(27)20-8-7-13-4-3-9-28-13/h3-6,9-10H,7-8H2,1-2H3,(H,22,26)(H2,20,23,27).